The Kier molecular flexibility index (Phi) is 4.31. The molecule has 3 rings (SSSR count). The van der Waals surface area contributed by atoms with Gasteiger partial charge in [-0.1, -0.05) is 12.1 Å². The minimum atomic E-state index is 0.682. The van der Waals surface area contributed by atoms with Crippen molar-refractivity contribution in [3.8, 4) is 11.1 Å². The van der Waals surface area contributed by atoms with E-state index in [-0.39, 0.29) is 0 Å². The average Bonchev–Trinajstić information content (AvgIpc) is 3.13. The van der Waals surface area contributed by atoms with Crippen molar-refractivity contribution in [1.82, 2.24) is 15.0 Å². The lowest BCUT2D eigenvalue weighted by Gasteiger charge is -2.13. The number of aromatic nitrogens is 3. The third-order valence-electron chi connectivity index (χ3n) is 4.45. The maximum absolute atomic E-state index is 4.21. The van der Waals surface area contributed by atoms with E-state index in [4.69, 9.17) is 0 Å². The van der Waals surface area contributed by atoms with Gasteiger partial charge >= 0.3 is 0 Å². The molecule has 0 aliphatic carbocycles. The van der Waals surface area contributed by atoms with Crippen LogP contribution in [0.5, 0.6) is 0 Å². The topological polar surface area (TPSA) is 56.5 Å². The van der Waals surface area contributed by atoms with Crippen molar-refractivity contribution >= 4 is 21.9 Å². The molecule has 5 heteroatoms. The van der Waals surface area contributed by atoms with Gasteiger partial charge in [0, 0.05) is 33.8 Å². The predicted molar refractivity (Wildman–Crippen MR) is 98.8 cm³/mol. The number of aromatic amines is 2. The van der Waals surface area contributed by atoms with Crippen LogP contribution in [0.1, 0.15) is 28.1 Å². The standard InChI is InChI=1S/C18H21BrN4/c1-10-5-6-14(12(3)11(10)2)16-15(23-13(4)17(16)19)9-22-18-20-7-8-21-18/h5-8,23H,9H2,1-4H3,(H2,20,21,22). The second-order valence-electron chi connectivity index (χ2n) is 5.89. The lowest BCUT2D eigenvalue weighted by atomic mass is 9.94. The van der Waals surface area contributed by atoms with Crippen molar-refractivity contribution in [3.05, 3.63) is 57.1 Å². The molecule has 3 N–H and O–H groups in total. The summed E-state index contributed by atoms with van der Waals surface area (Å²) in [7, 11) is 0. The van der Waals surface area contributed by atoms with Crippen molar-refractivity contribution in [2.24, 2.45) is 0 Å². The van der Waals surface area contributed by atoms with Gasteiger partial charge in [-0.3, -0.25) is 0 Å². The molecule has 2 aromatic heterocycles. The van der Waals surface area contributed by atoms with E-state index in [0.717, 1.165) is 21.8 Å². The van der Waals surface area contributed by atoms with Gasteiger partial charge in [-0.2, -0.15) is 0 Å². The van der Waals surface area contributed by atoms with E-state index < -0.39 is 0 Å². The van der Waals surface area contributed by atoms with Crippen molar-refractivity contribution in [2.45, 2.75) is 34.2 Å². The molecule has 0 saturated heterocycles. The Labute approximate surface area is 144 Å². The Morgan fingerprint density at radius 2 is 1.91 bits per heavy atom. The summed E-state index contributed by atoms with van der Waals surface area (Å²) in [5.41, 5.74) is 8.76. The summed E-state index contributed by atoms with van der Waals surface area (Å²) in [5, 5.41) is 3.32. The number of rotatable bonds is 4. The Bertz CT molecular complexity index is 831. The maximum Gasteiger partial charge on any atom is 0.200 e. The molecule has 0 radical (unpaired) electrons. The fourth-order valence-electron chi connectivity index (χ4n) is 2.84. The lowest BCUT2D eigenvalue weighted by Crippen LogP contribution is -2.03. The Morgan fingerprint density at radius 3 is 2.61 bits per heavy atom. The summed E-state index contributed by atoms with van der Waals surface area (Å²) in [5.74, 6) is 0.774. The number of halogens is 1. The Hall–Kier alpha value is -2.01. The van der Waals surface area contributed by atoms with Crippen molar-refractivity contribution in [1.29, 1.82) is 0 Å². The summed E-state index contributed by atoms with van der Waals surface area (Å²) in [6.45, 7) is 9.30. The molecule has 4 nitrogen and oxygen atoms in total. The zero-order valence-corrected chi connectivity index (χ0v) is 15.4. The van der Waals surface area contributed by atoms with E-state index in [0.29, 0.717) is 6.54 Å². The quantitative estimate of drug-likeness (QED) is 0.602. The first-order valence-corrected chi connectivity index (χ1v) is 8.45. The highest BCUT2D eigenvalue weighted by molar-refractivity contribution is 9.10. The smallest absolute Gasteiger partial charge is 0.200 e. The maximum atomic E-state index is 4.21. The third kappa shape index (κ3) is 2.93. The summed E-state index contributed by atoms with van der Waals surface area (Å²) < 4.78 is 1.13. The minimum absolute atomic E-state index is 0.682. The molecule has 0 aliphatic rings. The zero-order chi connectivity index (χ0) is 16.6. The molecular formula is C18H21BrN4. The highest BCUT2D eigenvalue weighted by Gasteiger charge is 2.17. The van der Waals surface area contributed by atoms with Crippen LogP contribution in [-0.2, 0) is 6.54 Å². The van der Waals surface area contributed by atoms with Crippen molar-refractivity contribution in [3.63, 3.8) is 0 Å². The molecule has 23 heavy (non-hydrogen) atoms. The van der Waals surface area contributed by atoms with E-state index in [1.165, 1.54) is 27.8 Å². The van der Waals surface area contributed by atoms with Crippen molar-refractivity contribution < 1.29 is 0 Å². The fraction of sp³-hybridized carbons (Fsp3) is 0.278. The summed E-state index contributed by atoms with van der Waals surface area (Å²) >= 11 is 3.75. The first-order chi connectivity index (χ1) is 11.0. The SMILES string of the molecule is Cc1ccc(-c2c(CNc3ncc[nH]3)[nH]c(C)c2Br)c(C)c1C. The molecule has 120 valence electrons. The molecule has 2 heterocycles. The molecule has 1 aromatic carbocycles. The van der Waals surface area contributed by atoms with Gasteiger partial charge in [-0.15, -0.1) is 0 Å². The van der Waals surface area contributed by atoms with Gasteiger partial charge in [0.05, 0.1) is 6.54 Å². The monoisotopic (exact) mass is 372 g/mol. The Morgan fingerprint density at radius 1 is 1.13 bits per heavy atom. The molecule has 0 amide bonds. The predicted octanol–water partition coefficient (Wildman–Crippen LogP) is 5.01. The fourth-order valence-corrected chi connectivity index (χ4v) is 3.39. The molecule has 3 aromatic rings. The highest BCUT2D eigenvalue weighted by Crippen LogP contribution is 2.37. The van der Waals surface area contributed by atoms with Gasteiger partial charge in [0.1, 0.15) is 0 Å². The summed E-state index contributed by atoms with van der Waals surface area (Å²) in [4.78, 5) is 10.8. The molecule has 0 fully saturated rings. The largest absolute Gasteiger partial charge is 0.360 e. The van der Waals surface area contributed by atoms with Gasteiger partial charge in [0.25, 0.3) is 0 Å². The van der Waals surface area contributed by atoms with Crippen LogP contribution in [0, 0.1) is 27.7 Å². The molecule has 0 spiro atoms. The first kappa shape index (κ1) is 15.9. The van der Waals surface area contributed by atoms with Gasteiger partial charge in [0.15, 0.2) is 5.95 Å². The van der Waals surface area contributed by atoms with Gasteiger partial charge < -0.3 is 15.3 Å². The Balaban J connectivity index is 2.03. The molecular weight excluding hydrogens is 352 g/mol. The second-order valence-corrected chi connectivity index (χ2v) is 6.68. The van der Waals surface area contributed by atoms with Gasteiger partial charge in [-0.25, -0.2) is 4.98 Å². The minimum Gasteiger partial charge on any atom is -0.360 e. The lowest BCUT2D eigenvalue weighted by molar-refractivity contribution is 1.03. The first-order valence-electron chi connectivity index (χ1n) is 7.66. The van der Waals surface area contributed by atoms with E-state index in [1.807, 2.05) is 6.20 Å². The second kappa shape index (κ2) is 6.24. The number of benzene rings is 1. The summed E-state index contributed by atoms with van der Waals surface area (Å²) in [6.07, 6.45) is 3.55. The van der Waals surface area contributed by atoms with E-state index in [9.17, 15) is 0 Å². The number of nitrogens with one attached hydrogen (secondary N) is 3. The highest BCUT2D eigenvalue weighted by atomic mass is 79.9. The van der Waals surface area contributed by atoms with Crippen LogP contribution in [0.15, 0.2) is 29.0 Å². The number of imidazole rings is 1. The van der Waals surface area contributed by atoms with Crippen LogP contribution in [-0.4, -0.2) is 15.0 Å². The van der Waals surface area contributed by atoms with E-state index in [2.05, 4.69) is 76.0 Å². The molecule has 0 aliphatic heterocycles. The van der Waals surface area contributed by atoms with Crippen LogP contribution in [0.4, 0.5) is 5.95 Å². The molecule has 0 atom stereocenters. The molecule has 0 unspecified atom stereocenters. The van der Waals surface area contributed by atoms with Gasteiger partial charge in [0.2, 0.25) is 0 Å². The molecule has 0 saturated carbocycles. The number of hydrogen-bond acceptors (Lipinski definition) is 2. The van der Waals surface area contributed by atoms with Gasteiger partial charge in [-0.05, 0) is 65.9 Å². The number of H-pyrrole nitrogens is 2. The molecule has 0 bridgehead atoms. The number of hydrogen-bond donors (Lipinski definition) is 3. The zero-order valence-electron chi connectivity index (χ0n) is 13.8. The van der Waals surface area contributed by atoms with Crippen LogP contribution in [0.25, 0.3) is 11.1 Å². The van der Waals surface area contributed by atoms with Crippen molar-refractivity contribution in [2.75, 3.05) is 5.32 Å². The summed E-state index contributed by atoms with van der Waals surface area (Å²) in [6, 6.07) is 4.40. The van der Waals surface area contributed by atoms with Crippen LogP contribution in [0.2, 0.25) is 0 Å². The number of aryl methyl sites for hydroxylation is 2. The van der Waals surface area contributed by atoms with E-state index >= 15 is 0 Å². The van der Waals surface area contributed by atoms with Crippen LogP contribution in [0.3, 0.4) is 0 Å². The van der Waals surface area contributed by atoms with E-state index in [1.54, 1.807) is 6.20 Å². The normalized spacial score (nSPS) is 11.0. The number of nitrogens with zero attached hydrogens (tertiary/aromatic N) is 1. The van der Waals surface area contributed by atoms with Crippen LogP contribution < -0.4 is 5.32 Å². The third-order valence-corrected chi connectivity index (χ3v) is 5.44. The number of anilines is 1. The average molecular weight is 373 g/mol. The van der Waals surface area contributed by atoms with Crippen LogP contribution >= 0.6 is 15.9 Å².